The molecule has 3 heteroatoms. The molecule has 0 aliphatic carbocycles. The Kier molecular flexibility index (Phi) is 2.69. The first-order valence-corrected chi connectivity index (χ1v) is 4.16. The molecule has 0 aromatic rings. The molecule has 0 amide bonds. The second-order valence-electron chi connectivity index (χ2n) is 2.31. The molecule has 2 heterocycles. The molecule has 0 saturated carbocycles. The summed E-state index contributed by atoms with van der Waals surface area (Å²) in [6.45, 7) is 1.14. The molecule has 1 nitrogen and oxygen atoms in total. The fourth-order valence-corrected chi connectivity index (χ4v) is 2.16. The molecular formula is C7H10ClNS. The van der Waals surface area contributed by atoms with Crippen molar-refractivity contribution in [1.82, 2.24) is 5.32 Å². The molecule has 0 spiro atoms. The third-order valence-corrected chi connectivity index (χ3v) is 2.82. The van der Waals surface area contributed by atoms with Crippen molar-refractivity contribution in [2.45, 2.75) is 11.7 Å². The van der Waals surface area contributed by atoms with E-state index in [9.17, 15) is 0 Å². The first-order valence-electron chi connectivity index (χ1n) is 3.22. The second-order valence-corrected chi connectivity index (χ2v) is 3.43. The standard InChI is InChI=1S/C7H9NS.ClH/c1-3-8-5-6-2-4-9-7(1)6;/h2,4-5,7-8H,1,3H2;1H. The summed E-state index contributed by atoms with van der Waals surface area (Å²) in [5.41, 5.74) is 1.46. The minimum atomic E-state index is 0. The van der Waals surface area contributed by atoms with E-state index in [2.05, 4.69) is 23.0 Å². The maximum atomic E-state index is 3.23. The van der Waals surface area contributed by atoms with Crippen molar-refractivity contribution in [3.05, 3.63) is 23.3 Å². The van der Waals surface area contributed by atoms with Crippen molar-refractivity contribution in [3.8, 4) is 0 Å². The summed E-state index contributed by atoms with van der Waals surface area (Å²) in [7, 11) is 0. The largest absolute Gasteiger partial charge is 0.391 e. The van der Waals surface area contributed by atoms with Gasteiger partial charge in [0, 0.05) is 18.0 Å². The van der Waals surface area contributed by atoms with Gasteiger partial charge in [-0.25, -0.2) is 0 Å². The van der Waals surface area contributed by atoms with Crippen molar-refractivity contribution >= 4 is 24.2 Å². The van der Waals surface area contributed by atoms with E-state index in [4.69, 9.17) is 0 Å². The van der Waals surface area contributed by atoms with Crippen LogP contribution in [0.3, 0.4) is 0 Å². The van der Waals surface area contributed by atoms with Crippen molar-refractivity contribution in [1.29, 1.82) is 0 Å². The molecule has 2 rings (SSSR count). The van der Waals surface area contributed by atoms with Gasteiger partial charge in [0.15, 0.2) is 0 Å². The van der Waals surface area contributed by atoms with Gasteiger partial charge in [0.25, 0.3) is 0 Å². The molecule has 0 saturated heterocycles. The molecule has 0 aromatic carbocycles. The van der Waals surface area contributed by atoms with Crippen LogP contribution in [-0.4, -0.2) is 11.8 Å². The summed E-state index contributed by atoms with van der Waals surface area (Å²) < 4.78 is 0. The Labute approximate surface area is 71.4 Å². The van der Waals surface area contributed by atoms with Crippen molar-refractivity contribution in [2.24, 2.45) is 0 Å². The van der Waals surface area contributed by atoms with E-state index in [1.54, 1.807) is 0 Å². The van der Waals surface area contributed by atoms with Crippen LogP contribution in [0.2, 0.25) is 0 Å². The van der Waals surface area contributed by atoms with Gasteiger partial charge in [0.2, 0.25) is 0 Å². The summed E-state index contributed by atoms with van der Waals surface area (Å²) in [5, 5.41) is 6.18. The zero-order chi connectivity index (χ0) is 6.10. The highest BCUT2D eigenvalue weighted by Crippen LogP contribution is 2.32. The lowest BCUT2D eigenvalue weighted by molar-refractivity contribution is 0.724. The van der Waals surface area contributed by atoms with Crippen LogP contribution >= 0.6 is 24.2 Å². The number of rotatable bonds is 0. The predicted molar refractivity (Wildman–Crippen MR) is 48.5 cm³/mol. The number of halogens is 1. The number of allylic oxidation sites excluding steroid dienone is 1. The predicted octanol–water partition coefficient (Wildman–Crippen LogP) is 1.91. The number of nitrogens with one attached hydrogen (secondary N) is 1. The summed E-state index contributed by atoms with van der Waals surface area (Å²) in [5.74, 6) is 0. The lowest BCUT2D eigenvalue weighted by Gasteiger charge is -2.16. The third kappa shape index (κ3) is 1.32. The van der Waals surface area contributed by atoms with Gasteiger partial charge in [0.1, 0.15) is 0 Å². The monoisotopic (exact) mass is 175 g/mol. The van der Waals surface area contributed by atoms with Gasteiger partial charge in [-0.2, -0.15) is 0 Å². The van der Waals surface area contributed by atoms with Gasteiger partial charge in [-0.05, 0) is 17.4 Å². The van der Waals surface area contributed by atoms with Gasteiger partial charge in [-0.15, -0.1) is 24.2 Å². The Hall–Kier alpha value is -0.0800. The van der Waals surface area contributed by atoms with E-state index < -0.39 is 0 Å². The molecule has 0 fully saturated rings. The van der Waals surface area contributed by atoms with Crippen LogP contribution in [0.1, 0.15) is 6.42 Å². The highest BCUT2D eigenvalue weighted by Gasteiger charge is 2.18. The highest BCUT2D eigenvalue weighted by atomic mass is 35.5. The number of fused-ring (bicyclic) bond motifs is 1. The normalized spacial score (nSPS) is 28.0. The molecule has 0 aromatic heterocycles. The van der Waals surface area contributed by atoms with E-state index in [1.165, 1.54) is 12.0 Å². The minimum absolute atomic E-state index is 0. The van der Waals surface area contributed by atoms with E-state index >= 15 is 0 Å². The molecule has 0 bridgehead atoms. The molecule has 1 atom stereocenters. The van der Waals surface area contributed by atoms with Crippen LogP contribution in [0.5, 0.6) is 0 Å². The minimum Gasteiger partial charge on any atom is -0.391 e. The summed E-state index contributed by atoms with van der Waals surface area (Å²) in [4.78, 5) is 0. The van der Waals surface area contributed by atoms with E-state index in [-0.39, 0.29) is 12.4 Å². The van der Waals surface area contributed by atoms with Gasteiger partial charge in [0.05, 0.1) is 0 Å². The molecule has 0 radical (unpaired) electrons. The molecule has 1 unspecified atom stereocenters. The lowest BCUT2D eigenvalue weighted by atomic mass is 10.1. The Morgan fingerprint density at radius 1 is 1.60 bits per heavy atom. The van der Waals surface area contributed by atoms with Gasteiger partial charge < -0.3 is 5.32 Å². The quantitative estimate of drug-likeness (QED) is 0.604. The number of thioether (sulfide) groups is 1. The van der Waals surface area contributed by atoms with Crippen LogP contribution in [0.4, 0.5) is 0 Å². The average Bonchev–Trinajstić information content (AvgIpc) is 2.33. The van der Waals surface area contributed by atoms with E-state index in [0.29, 0.717) is 0 Å². The maximum absolute atomic E-state index is 3.23. The lowest BCUT2D eigenvalue weighted by Crippen LogP contribution is -2.20. The molecule has 10 heavy (non-hydrogen) atoms. The third-order valence-electron chi connectivity index (χ3n) is 1.69. The fraction of sp³-hybridized carbons (Fsp3) is 0.429. The van der Waals surface area contributed by atoms with Crippen molar-refractivity contribution in [2.75, 3.05) is 6.54 Å². The SMILES string of the molecule is C1=CC2=CNCCC2S1.Cl. The van der Waals surface area contributed by atoms with Crippen LogP contribution in [0.25, 0.3) is 0 Å². The molecule has 2 aliphatic heterocycles. The van der Waals surface area contributed by atoms with Gasteiger partial charge in [-0.3, -0.25) is 0 Å². The maximum Gasteiger partial charge on any atom is 0.0369 e. The Bertz CT molecular complexity index is 176. The number of hydrogen-bond acceptors (Lipinski definition) is 2. The smallest absolute Gasteiger partial charge is 0.0369 e. The molecule has 56 valence electrons. The summed E-state index contributed by atoms with van der Waals surface area (Å²) in [6.07, 6.45) is 5.61. The fourth-order valence-electron chi connectivity index (χ4n) is 1.18. The van der Waals surface area contributed by atoms with Crippen LogP contribution in [0, 0.1) is 0 Å². The Morgan fingerprint density at radius 3 is 3.30 bits per heavy atom. The average molecular weight is 176 g/mol. The summed E-state index contributed by atoms with van der Waals surface area (Å²) in [6, 6.07) is 0. The summed E-state index contributed by atoms with van der Waals surface area (Å²) >= 11 is 1.94. The van der Waals surface area contributed by atoms with Crippen LogP contribution in [-0.2, 0) is 0 Å². The van der Waals surface area contributed by atoms with Crippen molar-refractivity contribution < 1.29 is 0 Å². The Balaban J connectivity index is 0.000000500. The highest BCUT2D eigenvalue weighted by molar-refractivity contribution is 8.03. The number of hydrogen-bond donors (Lipinski definition) is 1. The topological polar surface area (TPSA) is 12.0 Å². The van der Waals surface area contributed by atoms with Crippen LogP contribution < -0.4 is 5.32 Å². The van der Waals surface area contributed by atoms with Crippen LogP contribution in [0.15, 0.2) is 23.3 Å². The zero-order valence-electron chi connectivity index (χ0n) is 5.54. The molecular weight excluding hydrogens is 166 g/mol. The molecule has 2 aliphatic rings. The first kappa shape index (κ1) is 8.02. The first-order chi connectivity index (χ1) is 4.47. The zero-order valence-corrected chi connectivity index (χ0v) is 7.17. The van der Waals surface area contributed by atoms with Gasteiger partial charge >= 0.3 is 0 Å². The van der Waals surface area contributed by atoms with E-state index in [0.717, 1.165) is 11.8 Å². The van der Waals surface area contributed by atoms with Crippen molar-refractivity contribution in [3.63, 3.8) is 0 Å². The second kappa shape index (κ2) is 3.35. The Morgan fingerprint density at radius 2 is 2.50 bits per heavy atom. The van der Waals surface area contributed by atoms with E-state index in [1.807, 2.05) is 11.8 Å². The van der Waals surface area contributed by atoms with Gasteiger partial charge in [-0.1, -0.05) is 6.08 Å². The molecule has 1 N–H and O–H groups in total.